The zero-order valence-corrected chi connectivity index (χ0v) is 18.1. The maximum atomic E-state index is 13.1. The number of pyridine rings is 1. The summed E-state index contributed by atoms with van der Waals surface area (Å²) in [4.78, 5) is 29.4. The summed E-state index contributed by atoms with van der Waals surface area (Å²) in [6, 6.07) is 10.5. The molecule has 1 amide bonds. The van der Waals surface area contributed by atoms with Gasteiger partial charge in [0.15, 0.2) is 6.10 Å². The van der Waals surface area contributed by atoms with Crippen LogP contribution in [-0.4, -0.2) is 28.1 Å². The van der Waals surface area contributed by atoms with Crippen LogP contribution in [0.3, 0.4) is 0 Å². The van der Waals surface area contributed by atoms with Crippen molar-refractivity contribution in [1.82, 2.24) is 15.5 Å². The van der Waals surface area contributed by atoms with Crippen LogP contribution in [0.5, 0.6) is 0 Å². The van der Waals surface area contributed by atoms with Crippen molar-refractivity contribution >= 4 is 23.6 Å². The third-order valence-electron chi connectivity index (χ3n) is 4.41. The molecule has 2 atom stereocenters. The molecule has 0 saturated carbocycles. The Morgan fingerprint density at radius 2 is 1.97 bits per heavy atom. The number of esters is 1. The molecule has 2 aromatic heterocycles. The summed E-state index contributed by atoms with van der Waals surface area (Å²) >= 11 is 1.32. The first-order valence-corrected chi connectivity index (χ1v) is 10.6. The molecular weight excluding hydrogens is 421 g/mol. The SMILES string of the molecule is Cc1cc(CSc2ncccc2C(=O)OC(C)C(=O)NC(C)c2ccc(F)cc2)no1. The maximum absolute atomic E-state index is 13.1. The van der Waals surface area contributed by atoms with E-state index in [2.05, 4.69) is 15.5 Å². The molecule has 1 aromatic carbocycles. The summed E-state index contributed by atoms with van der Waals surface area (Å²) in [5.41, 5.74) is 1.73. The van der Waals surface area contributed by atoms with Crippen LogP contribution in [0, 0.1) is 12.7 Å². The van der Waals surface area contributed by atoms with Crippen molar-refractivity contribution in [2.75, 3.05) is 0 Å². The molecule has 162 valence electrons. The Balaban J connectivity index is 1.59. The van der Waals surface area contributed by atoms with Gasteiger partial charge in [-0.1, -0.05) is 29.1 Å². The first-order chi connectivity index (χ1) is 14.8. The predicted octanol–water partition coefficient (Wildman–Crippen LogP) is 4.23. The summed E-state index contributed by atoms with van der Waals surface area (Å²) < 4.78 is 23.5. The van der Waals surface area contributed by atoms with E-state index < -0.39 is 18.0 Å². The molecule has 31 heavy (non-hydrogen) atoms. The van der Waals surface area contributed by atoms with E-state index in [1.165, 1.54) is 30.8 Å². The predicted molar refractivity (Wildman–Crippen MR) is 113 cm³/mol. The molecule has 2 heterocycles. The quantitative estimate of drug-likeness (QED) is 0.411. The topological polar surface area (TPSA) is 94.3 Å². The molecule has 0 aliphatic rings. The average molecular weight is 444 g/mol. The first kappa shape index (κ1) is 22.5. The number of aromatic nitrogens is 2. The Morgan fingerprint density at radius 3 is 2.65 bits per heavy atom. The van der Waals surface area contributed by atoms with Crippen molar-refractivity contribution in [2.24, 2.45) is 0 Å². The lowest BCUT2D eigenvalue weighted by Crippen LogP contribution is -2.37. The Bertz CT molecular complexity index is 1050. The van der Waals surface area contributed by atoms with Crippen molar-refractivity contribution in [3.8, 4) is 0 Å². The number of carbonyl (C=O) groups is 2. The fourth-order valence-electron chi connectivity index (χ4n) is 2.73. The number of hydrogen-bond donors (Lipinski definition) is 1. The summed E-state index contributed by atoms with van der Waals surface area (Å²) in [5.74, 6) is -0.287. The van der Waals surface area contributed by atoms with Gasteiger partial charge in [-0.05, 0) is 50.6 Å². The van der Waals surface area contributed by atoms with Gasteiger partial charge in [-0.25, -0.2) is 14.2 Å². The highest BCUT2D eigenvalue weighted by atomic mass is 32.2. The van der Waals surface area contributed by atoms with Gasteiger partial charge in [0, 0.05) is 18.0 Å². The molecule has 0 saturated heterocycles. The number of benzene rings is 1. The smallest absolute Gasteiger partial charge is 0.341 e. The van der Waals surface area contributed by atoms with Gasteiger partial charge in [0.05, 0.1) is 17.3 Å². The molecule has 3 rings (SSSR count). The number of nitrogens with one attached hydrogen (secondary N) is 1. The Hall–Kier alpha value is -3.20. The standard InChI is InChI=1S/C22H22FN3O4S/c1-13-11-18(26-30-13)12-31-21-19(5-4-10-24-21)22(28)29-15(3)20(27)25-14(2)16-6-8-17(23)9-7-16/h4-11,14-15H,12H2,1-3H3,(H,25,27). The number of halogens is 1. The highest BCUT2D eigenvalue weighted by molar-refractivity contribution is 7.98. The van der Waals surface area contributed by atoms with E-state index in [9.17, 15) is 14.0 Å². The summed E-state index contributed by atoms with van der Waals surface area (Å²) in [5, 5.41) is 7.15. The van der Waals surface area contributed by atoms with E-state index in [1.807, 2.05) is 6.07 Å². The lowest BCUT2D eigenvalue weighted by molar-refractivity contribution is -0.129. The molecule has 0 fully saturated rings. The summed E-state index contributed by atoms with van der Waals surface area (Å²) in [6.07, 6.45) is 0.555. The lowest BCUT2D eigenvalue weighted by atomic mass is 10.1. The fraction of sp³-hybridized carbons (Fsp3) is 0.273. The number of nitrogens with zero attached hydrogens (tertiary/aromatic N) is 2. The second-order valence-electron chi connectivity index (χ2n) is 6.90. The minimum Gasteiger partial charge on any atom is -0.449 e. The highest BCUT2D eigenvalue weighted by Gasteiger charge is 2.23. The van der Waals surface area contributed by atoms with Gasteiger partial charge < -0.3 is 14.6 Å². The molecule has 2 unspecified atom stereocenters. The Morgan fingerprint density at radius 1 is 1.23 bits per heavy atom. The summed E-state index contributed by atoms with van der Waals surface area (Å²) in [7, 11) is 0. The molecule has 3 aromatic rings. The van der Waals surface area contributed by atoms with Crippen molar-refractivity contribution in [1.29, 1.82) is 0 Å². The number of carbonyl (C=O) groups excluding carboxylic acids is 2. The van der Waals surface area contributed by atoms with E-state index in [1.54, 1.807) is 44.3 Å². The number of ether oxygens (including phenoxy) is 1. The van der Waals surface area contributed by atoms with E-state index in [0.29, 0.717) is 16.5 Å². The van der Waals surface area contributed by atoms with Crippen molar-refractivity contribution in [3.63, 3.8) is 0 Å². The number of aryl methyl sites for hydroxylation is 1. The van der Waals surface area contributed by atoms with Gasteiger partial charge in [-0.2, -0.15) is 0 Å². The van der Waals surface area contributed by atoms with Crippen molar-refractivity contribution in [2.45, 2.75) is 43.7 Å². The van der Waals surface area contributed by atoms with Gasteiger partial charge in [-0.3, -0.25) is 4.79 Å². The molecule has 0 aliphatic carbocycles. The van der Waals surface area contributed by atoms with Crippen LogP contribution in [0.4, 0.5) is 4.39 Å². The van der Waals surface area contributed by atoms with Crippen LogP contribution in [0.25, 0.3) is 0 Å². The molecule has 0 aliphatic heterocycles. The van der Waals surface area contributed by atoms with Gasteiger partial charge in [0.2, 0.25) is 0 Å². The van der Waals surface area contributed by atoms with E-state index >= 15 is 0 Å². The molecule has 7 nitrogen and oxygen atoms in total. The number of rotatable bonds is 8. The van der Waals surface area contributed by atoms with Crippen molar-refractivity contribution in [3.05, 3.63) is 77.1 Å². The first-order valence-electron chi connectivity index (χ1n) is 9.60. The molecule has 1 N–H and O–H groups in total. The average Bonchev–Trinajstić information content (AvgIpc) is 3.17. The normalized spacial score (nSPS) is 12.8. The second-order valence-corrected chi connectivity index (χ2v) is 7.87. The molecular formula is C22H22FN3O4S. The van der Waals surface area contributed by atoms with Gasteiger partial charge in [-0.15, -0.1) is 0 Å². The Labute approximate surface area is 183 Å². The third kappa shape index (κ3) is 6.14. The van der Waals surface area contributed by atoms with E-state index in [4.69, 9.17) is 9.26 Å². The summed E-state index contributed by atoms with van der Waals surface area (Å²) in [6.45, 7) is 5.06. The highest BCUT2D eigenvalue weighted by Crippen LogP contribution is 2.25. The van der Waals surface area contributed by atoms with Gasteiger partial charge >= 0.3 is 5.97 Å². The molecule has 9 heteroatoms. The van der Waals surface area contributed by atoms with Crippen LogP contribution in [0.2, 0.25) is 0 Å². The zero-order valence-electron chi connectivity index (χ0n) is 17.3. The minimum absolute atomic E-state index is 0.263. The molecule has 0 radical (unpaired) electrons. The number of hydrogen-bond acceptors (Lipinski definition) is 7. The van der Waals surface area contributed by atoms with E-state index in [0.717, 1.165) is 11.3 Å². The maximum Gasteiger partial charge on any atom is 0.341 e. The van der Waals surface area contributed by atoms with Crippen LogP contribution < -0.4 is 5.32 Å². The molecule has 0 bridgehead atoms. The van der Waals surface area contributed by atoms with Crippen molar-refractivity contribution < 1.29 is 23.2 Å². The Kier molecular flexibility index (Phi) is 7.41. The number of amides is 1. The largest absolute Gasteiger partial charge is 0.449 e. The lowest BCUT2D eigenvalue weighted by Gasteiger charge is -2.18. The van der Waals surface area contributed by atoms with Crippen LogP contribution >= 0.6 is 11.8 Å². The van der Waals surface area contributed by atoms with Gasteiger partial charge in [0.1, 0.15) is 16.6 Å². The zero-order chi connectivity index (χ0) is 22.4. The second kappa shape index (κ2) is 10.2. The molecule has 0 spiro atoms. The van der Waals surface area contributed by atoms with Crippen LogP contribution in [-0.2, 0) is 15.3 Å². The number of thioether (sulfide) groups is 1. The van der Waals surface area contributed by atoms with Crippen LogP contribution in [0.15, 0.2) is 58.2 Å². The third-order valence-corrected chi connectivity index (χ3v) is 5.45. The van der Waals surface area contributed by atoms with Gasteiger partial charge in [0.25, 0.3) is 5.91 Å². The minimum atomic E-state index is -1.02. The van der Waals surface area contributed by atoms with Crippen LogP contribution in [0.1, 0.15) is 47.3 Å². The monoisotopic (exact) mass is 443 g/mol. The fourth-order valence-corrected chi connectivity index (χ4v) is 3.60. The van der Waals surface area contributed by atoms with E-state index in [-0.39, 0.29) is 17.4 Å².